The molecule has 0 radical (unpaired) electrons. The second-order valence-corrected chi connectivity index (χ2v) is 25.6. The van der Waals surface area contributed by atoms with Gasteiger partial charge in [-0.1, -0.05) is 95.1 Å². The van der Waals surface area contributed by atoms with Gasteiger partial charge in [0.1, 0.15) is 0 Å². The van der Waals surface area contributed by atoms with Crippen LogP contribution in [0, 0.1) is 96.9 Å². The zero-order valence-corrected chi connectivity index (χ0v) is 48.5. The Morgan fingerprint density at radius 1 is 0.138 bits per heavy atom. The van der Waals surface area contributed by atoms with Gasteiger partial charge in [-0.05, 0) is 375 Å². The average molecular weight is 1020 g/mol. The first-order valence-electron chi connectivity index (χ1n) is 29.0. The fraction of sp³-hybridized carbons (Fsp3) is 0.175. The smallest absolute Gasteiger partial charge is 0.0000469 e. The Kier molecular flexibility index (Phi) is 8.81. The molecule has 0 aromatic heterocycles. The summed E-state index contributed by atoms with van der Waals surface area (Å²) in [5.74, 6) is 0. The van der Waals surface area contributed by atoms with E-state index in [1.165, 1.54) is 252 Å². The van der Waals surface area contributed by atoms with E-state index in [1.54, 1.807) is 0 Å². The molecule has 0 aliphatic heterocycles. The van der Waals surface area contributed by atoms with Crippen LogP contribution in [0.25, 0.3) is 174 Å². The number of hydrogen-bond acceptors (Lipinski definition) is 0. The highest BCUT2D eigenvalue weighted by Crippen LogP contribution is 2.62. The highest BCUT2D eigenvalue weighted by Gasteiger charge is 2.33. The first-order valence-corrected chi connectivity index (χ1v) is 29.0. The van der Waals surface area contributed by atoms with Crippen molar-refractivity contribution in [3.8, 4) is 44.5 Å². The third-order valence-electron chi connectivity index (χ3n) is 19.7. The van der Waals surface area contributed by atoms with Crippen molar-refractivity contribution in [1.82, 2.24) is 0 Å². The minimum Gasteiger partial charge on any atom is -0.0557 e. The second-order valence-electron chi connectivity index (χ2n) is 25.6. The van der Waals surface area contributed by atoms with Crippen LogP contribution in [0.3, 0.4) is 0 Å². The lowest BCUT2D eigenvalue weighted by Crippen LogP contribution is -2.02. The van der Waals surface area contributed by atoms with Crippen molar-refractivity contribution in [2.24, 2.45) is 0 Å². The van der Waals surface area contributed by atoms with Crippen molar-refractivity contribution in [2.45, 2.75) is 96.9 Å². The molecule has 0 heteroatoms. The maximum atomic E-state index is 2.61. The summed E-state index contributed by atoms with van der Waals surface area (Å²) in [5, 5.41) is 33.3. The molecule has 80 heavy (non-hydrogen) atoms. The Bertz CT molecular complexity index is 4870. The first kappa shape index (κ1) is 46.3. The van der Waals surface area contributed by atoms with Crippen LogP contribution in [0.2, 0.25) is 0 Å². The van der Waals surface area contributed by atoms with Crippen LogP contribution >= 0.6 is 0 Å². The molecule has 0 unspecified atom stereocenters. The molecule has 17 aromatic carbocycles. The summed E-state index contributed by atoms with van der Waals surface area (Å²) in [4.78, 5) is 0. The van der Waals surface area contributed by atoms with Crippen molar-refractivity contribution >= 4 is 129 Å². The van der Waals surface area contributed by atoms with Crippen molar-refractivity contribution < 1.29 is 0 Å². The SMILES string of the molecule is Cc1cc(C)c(-c2cc3c4cc(C)cc5c6cc(-c7c(C)cc(C)cc7C)cc7c8cc(-c9c(C)cc(C)cc9C)cc9c%10cc(C)cc%11c%12cc(-c%13c(C)cc(C)cc%13C)cc%13c(c2)c3c2c(c45)c(c67)c(c98)c(c%11%10)c2c%12%13)c(C)c1. The highest BCUT2D eigenvalue weighted by molar-refractivity contribution is 6.61. The van der Waals surface area contributed by atoms with E-state index in [0.29, 0.717) is 0 Å². The molecular weight excluding hydrogens is 961 g/mol. The number of rotatable bonds is 4. The average Bonchev–Trinajstić information content (AvgIpc) is 0.935. The van der Waals surface area contributed by atoms with Crippen LogP contribution in [-0.2, 0) is 0 Å². The van der Waals surface area contributed by atoms with E-state index in [2.05, 4.69) is 218 Å². The van der Waals surface area contributed by atoms with Gasteiger partial charge in [-0.25, -0.2) is 0 Å². The summed E-state index contributed by atoms with van der Waals surface area (Å²) in [7, 11) is 0. The normalized spacial score (nSPS) is 12.9. The highest BCUT2D eigenvalue weighted by atomic mass is 14.4. The molecule has 0 fully saturated rings. The lowest BCUT2D eigenvalue weighted by molar-refractivity contribution is 1.32. The summed E-state index contributed by atoms with van der Waals surface area (Å²) in [5.41, 5.74) is 29.0. The number of benzene rings is 17. The zero-order valence-electron chi connectivity index (χ0n) is 48.5. The van der Waals surface area contributed by atoms with Crippen LogP contribution in [0.4, 0.5) is 0 Å². The minimum atomic E-state index is 1.29. The summed E-state index contributed by atoms with van der Waals surface area (Å²) < 4.78 is 0. The Labute approximate surface area is 467 Å². The van der Waals surface area contributed by atoms with E-state index < -0.39 is 0 Å². The van der Waals surface area contributed by atoms with Gasteiger partial charge in [-0.15, -0.1) is 0 Å². The maximum Gasteiger partial charge on any atom is -0.0000469 e. The van der Waals surface area contributed by atoms with Crippen LogP contribution in [0.1, 0.15) is 77.9 Å². The van der Waals surface area contributed by atoms with E-state index >= 15 is 0 Å². The first-order chi connectivity index (χ1) is 38.4. The zero-order chi connectivity index (χ0) is 54.7. The van der Waals surface area contributed by atoms with Gasteiger partial charge in [-0.3, -0.25) is 0 Å². The molecular formula is C80H62. The topological polar surface area (TPSA) is 0 Å². The number of fused-ring (bicyclic) bond motifs is 6. The minimum absolute atomic E-state index is 1.29. The molecule has 0 heterocycles. The lowest BCUT2D eigenvalue weighted by Gasteiger charge is -2.30. The largest absolute Gasteiger partial charge is 0.0557 e. The molecule has 0 aliphatic carbocycles. The number of aryl methyl sites for hydroxylation is 14. The molecule has 0 spiro atoms. The maximum absolute atomic E-state index is 2.61. The molecule has 0 saturated carbocycles. The number of hydrogen-bond donors (Lipinski definition) is 0. The molecule has 17 rings (SSSR count). The van der Waals surface area contributed by atoms with Crippen LogP contribution in [0.15, 0.2) is 121 Å². The Hall–Kier alpha value is -8.58. The summed E-state index contributed by atoms with van der Waals surface area (Å²) >= 11 is 0. The van der Waals surface area contributed by atoms with E-state index in [1.807, 2.05) is 0 Å². The predicted molar refractivity (Wildman–Crippen MR) is 352 cm³/mol. The van der Waals surface area contributed by atoms with E-state index in [-0.39, 0.29) is 0 Å². The molecule has 0 nitrogen and oxygen atoms in total. The summed E-state index contributed by atoms with van der Waals surface area (Å²) in [6, 6.07) is 50.1. The fourth-order valence-electron chi connectivity index (χ4n) is 17.7. The lowest BCUT2D eigenvalue weighted by atomic mass is 9.72. The van der Waals surface area contributed by atoms with Gasteiger partial charge in [0.05, 0.1) is 0 Å². The Morgan fingerprint density at radius 3 is 0.412 bits per heavy atom. The van der Waals surface area contributed by atoms with Crippen LogP contribution < -0.4 is 0 Å². The molecule has 0 aliphatic rings. The van der Waals surface area contributed by atoms with Gasteiger partial charge >= 0.3 is 0 Å². The summed E-state index contributed by atoms with van der Waals surface area (Å²) in [6.45, 7) is 32.2. The molecule has 0 atom stereocenters. The Balaban J connectivity index is 1.23. The van der Waals surface area contributed by atoms with Gasteiger partial charge in [0, 0.05) is 0 Å². The second kappa shape index (κ2) is 15.2. The standard InChI is InChI=1S/C80H62/c1-35-15-41(7)65(42(8)16-35)49-27-57-53-23-39(5)24-54-59-29-51(67-45(11)19-37(3)20-46(67)12)33-63-64-34-52(68-47(13)21-38(4)22-48(68)14)30-60-56-26-40(6)25-55-58-28-50(66-43(9)17-36(2)18-44(66)10)32-62-61(31-49)71(57)77-75(69(53)54)79(73(59)63)80(74(60)64)76(70(55)56)78(77)72(58)62/h15-34H,1-14H3. The molecule has 0 amide bonds. The molecule has 0 saturated heterocycles. The van der Waals surface area contributed by atoms with Gasteiger partial charge in [0.2, 0.25) is 0 Å². The van der Waals surface area contributed by atoms with Crippen molar-refractivity contribution in [3.63, 3.8) is 0 Å². The van der Waals surface area contributed by atoms with E-state index in [4.69, 9.17) is 0 Å². The molecule has 382 valence electrons. The fourth-order valence-corrected chi connectivity index (χ4v) is 17.7. The van der Waals surface area contributed by atoms with Gasteiger partial charge in [-0.2, -0.15) is 0 Å². The predicted octanol–water partition coefficient (Wildman–Crippen LogP) is 23.1. The molecule has 17 aromatic rings. The monoisotopic (exact) mass is 1020 g/mol. The van der Waals surface area contributed by atoms with Crippen LogP contribution in [-0.4, -0.2) is 0 Å². The quantitative estimate of drug-likeness (QED) is 0.122. The van der Waals surface area contributed by atoms with Crippen molar-refractivity contribution in [3.05, 3.63) is 199 Å². The van der Waals surface area contributed by atoms with Crippen molar-refractivity contribution in [1.29, 1.82) is 0 Å². The van der Waals surface area contributed by atoms with Crippen LogP contribution in [0.5, 0.6) is 0 Å². The van der Waals surface area contributed by atoms with Gasteiger partial charge in [0.15, 0.2) is 0 Å². The van der Waals surface area contributed by atoms with E-state index in [9.17, 15) is 0 Å². The van der Waals surface area contributed by atoms with Crippen molar-refractivity contribution in [2.75, 3.05) is 0 Å². The molecule has 0 N–H and O–H groups in total. The molecule has 0 bridgehead atoms. The third-order valence-corrected chi connectivity index (χ3v) is 19.7. The van der Waals surface area contributed by atoms with Gasteiger partial charge in [0.25, 0.3) is 0 Å². The van der Waals surface area contributed by atoms with E-state index in [0.717, 1.165) is 0 Å². The summed E-state index contributed by atoms with van der Waals surface area (Å²) in [6.07, 6.45) is 0. The Morgan fingerprint density at radius 2 is 0.263 bits per heavy atom. The third kappa shape index (κ3) is 5.67. The van der Waals surface area contributed by atoms with Gasteiger partial charge < -0.3 is 0 Å².